The van der Waals surface area contributed by atoms with Gasteiger partial charge in [-0.2, -0.15) is 0 Å². The van der Waals surface area contributed by atoms with E-state index in [1.807, 2.05) is 6.07 Å². The first-order valence-corrected chi connectivity index (χ1v) is 7.26. The predicted octanol–water partition coefficient (Wildman–Crippen LogP) is 2.83. The van der Waals surface area contributed by atoms with Crippen molar-refractivity contribution in [1.29, 1.82) is 0 Å². The molecular formula is C15H18ClNO3. The second kappa shape index (κ2) is 5.02. The molecule has 2 aliphatic rings. The van der Waals surface area contributed by atoms with Gasteiger partial charge in [0.2, 0.25) is 5.91 Å². The minimum atomic E-state index is -0.663. The first kappa shape index (κ1) is 13.9. The van der Waals surface area contributed by atoms with Gasteiger partial charge in [0, 0.05) is 24.2 Å². The van der Waals surface area contributed by atoms with E-state index in [0.29, 0.717) is 23.4 Å². The SMILES string of the molecule is COC1(CC(O)c2cc3c(cc2Cl)NC(=O)C3)CCC1. The summed E-state index contributed by atoms with van der Waals surface area (Å²) in [6, 6.07) is 3.56. The van der Waals surface area contributed by atoms with Gasteiger partial charge in [-0.3, -0.25) is 4.79 Å². The van der Waals surface area contributed by atoms with E-state index in [9.17, 15) is 9.90 Å². The highest BCUT2D eigenvalue weighted by Gasteiger charge is 2.39. The second-order valence-electron chi connectivity index (χ2n) is 5.72. The summed E-state index contributed by atoms with van der Waals surface area (Å²) in [5.41, 5.74) is 2.12. The molecule has 0 spiro atoms. The lowest BCUT2D eigenvalue weighted by atomic mass is 9.75. The number of fused-ring (bicyclic) bond motifs is 1. The van der Waals surface area contributed by atoms with Crippen LogP contribution in [0.4, 0.5) is 5.69 Å². The van der Waals surface area contributed by atoms with Crippen LogP contribution in [0.2, 0.25) is 5.02 Å². The molecule has 1 aromatic carbocycles. The summed E-state index contributed by atoms with van der Waals surface area (Å²) >= 11 is 6.23. The average Bonchev–Trinajstić information content (AvgIpc) is 2.71. The number of carbonyl (C=O) groups excluding carboxylic acids is 1. The Morgan fingerprint density at radius 3 is 2.85 bits per heavy atom. The number of benzene rings is 1. The van der Waals surface area contributed by atoms with Crippen molar-refractivity contribution < 1.29 is 14.6 Å². The van der Waals surface area contributed by atoms with E-state index >= 15 is 0 Å². The fraction of sp³-hybridized carbons (Fsp3) is 0.533. The lowest BCUT2D eigenvalue weighted by Gasteiger charge is -2.42. The number of aliphatic hydroxyl groups excluding tert-OH is 1. The molecule has 4 nitrogen and oxygen atoms in total. The summed E-state index contributed by atoms with van der Waals surface area (Å²) in [5.74, 6) is -0.0324. The highest BCUT2D eigenvalue weighted by atomic mass is 35.5. The third kappa shape index (κ3) is 2.32. The standard InChI is InChI=1S/C15H18ClNO3/c1-20-15(3-2-4-15)8-13(18)10-5-9-6-14(19)17-12(9)7-11(10)16/h5,7,13,18H,2-4,6,8H2,1H3,(H,17,19). The van der Waals surface area contributed by atoms with Gasteiger partial charge in [0.25, 0.3) is 0 Å². The summed E-state index contributed by atoms with van der Waals surface area (Å²) < 4.78 is 5.55. The molecule has 1 atom stereocenters. The quantitative estimate of drug-likeness (QED) is 0.898. The van der Waals surface area contributed by atoms with Crippen LogP contribution in [-0.4, -0.2) is 23.7 Å². The van der Waals surface area contributed by atoms with Gasteiger partial charge in [0.1, 0.15) is 0 Å². The van der Waals surface area contributed by atoms with Gasteiger partial charge < -0.3 is 15.2 Å². The molecule has 1 amide bonds. The first-order valence-electron chi connectivity index (χ1n) is 6.88. The first-order chi connectivity index (χ1) is 9.53. The van der Waals surface area contributed by atoms with Crippen molar-refractivity contribution in [2.75, 3.05) is 12.4 Å². The van der Waals surface area contributed by atoms with E-state index in [1.54, 1.807) is 13.2 Å². The second-order valence-corrected chi connectivity index (χ2v) is 6.12. The van der Waals surface area contributed by atoms with Crippen molar-refractivity contribution in [3.63, 3.8) is 0 Å². The fourth-order valence-corrected chi connectivity index (χ4v) is 3.34. The number of halogens is 1. The van der Waals surface area contributed by atoms with Gasteiger partial charge in [-0.25, -0.2) is 0 Å². The van der Waals surface area contributed by atoms with Gasteiger partial charge in [-0.15, -0.1) is 0 Å². The molecule has 1 unspecified atom stereocenters. The molecule has 0 radical (unpaired) electrons. The molecule has 1 aliphatic heterocycles. The Kier molecular flexibility index (Phi) is 3.48. The van der Waals surface area contributed by atoms with Crippen LogP contribution in [-0.2, 0) is 16.0 Å². The number of nitrogens with one attached hydrogen (secondary N) is 1. The molecule has 0 saturated heterocycles. The number of rotatable bonds is 4. The molecule has 5 heteroatoms. The van der Waals surface area contributed by atoms with Crippen LogP contribution in [0.25, 0.3) is 0 Å². The number of aliphatic hydroxyl groups is 1. The number of methoxy groups -OCH3 is 1. The molecule has 3 rings (SSSR count). The number of ether oxygens (including phenoxy) is 1. The van der Waals surface area contributed by atoms with Crippen molar-refractivity contribution in [2.24, 2.45) is 0 Å². The van der Waals surface area contributed by atoms with Crippen LogP contribution in [0.1, 0.15) is 42.9 Å². The maximum atomic E-state index is 11.4. The fourth-order valence-electron chi connectivity index (χ4n) is 3.05. The van der Waals surface area contributed by atoms with Gasteiger partial charge in [0.05, 0.1) is 18.1 Å². The molecule has 2 N–H and O–H groups in total. The van der Waals surface area contributed by atoms with Crippen molar-refractivity contribution >= 4 is 23.2 Å². The van der Waals surface area contributed by atoms with E-state index in [0.717, 1.165) is 30.5 Å². The molecule has 1 aromatic rings. The molecule has 1 saturated carbocycles. The zero-order chi connectivity index (χ0) is 14.3. The van der Waals surface area contributed by atoms with Crippen molar-refractivity contribution in [1.82, 2.24) is 0 Å². The Hall–Kier alpha value is -1.10. The van der Waals surface area contributed by atoms with Crippen LogP contribution in [0, 0.1) is 0 Å². The van der Waals surface area contributed by atoms with Crippen molar-refractivity contribution in [2.45, 2.75) is 43.8 Å². The van der Waals surface area contributed by atoms with Crippen LogP contribution >= 0.6 is 11.6 Å². The molecule has 1 fully saturated rings. The van der Waals surface area contributed by atoms with E-state index < -0.39 is 6.10 Å². The number of hydrogen-bond donors (Lipinski definition) is 2. The third-order valence-corrected chi connectivity index (χ3v) is 4.80. The van der Waals surface area contributed by atoms with E-state index in [2.05, 4.69) is 5.32 Å². The number of anilines is 1. The monoisotopic (exact) mass is 295 g/mol. The van der Waals surface area contributed by atoms with E-state index in [4.69, 9.17) is 16.3 Å². The summed E-state index contributed by atoms with van der Waals surface area (Å²) in [4.78, 5) is 11.4. The lowest BCUT2D eigenvalue weighted by Crippen LogP contribution is -2.40. The number of carbonyl (C=O) groups is 1. The summed E-state index contributed by atoms with van der Waals surface area (Å²) in [6.45, 7) is 0. The van der Waals surface area contributed by atoms with Crippen LogP contribution < -0.4 is 5.32 Å². The zero-order valence-corrected chi connectivity index (χ0v) is 12.2. The Bertz CT molecular complexity index is 549. The maximum Gasteiger partial charge on any atom is 0.228 e. The molecule has 1 heterocycles. The average molecular weight is 296 g/mol. The molecule has 108 valence electrons. The van der Waals surface area contributed by atoms with Gasteiger partial charge in [-0.05, 0) is 42.5 Å². The lowest BCUT2D eigenvalue weighted by molar-refractivity contribution is -0.115. The van der Waals surface area contributed by atoms with Gasteiger partial charge in [-0.1, -0.05) is 11.6 Å². The molecule has 0 bridgehead atoms. The summed E-state index contributed by atoms with van der Waals surface area (Å²) in [7, 11) is 1.69. The smallest absolute Gasteiger partial charge is 0.228 e. The minimum Gasteiger partial charge on any atom is -0.388 e. The van der Waals surface area contributed by atoms with E-state index in [1.165, 1.54) is 0 Å². The zero-order valence-electron chi connectivity index (χ0n) is 11.4. The maximum absolute atomic E-state index is 11.4. The number of hydrogen-bond acceptors (Lipinski definition) is 3. The number of amides is 1. The van der Waals surface area contributed by atoms with Crippen LogP contribution in [0.15, 0.2) is 12.1 Å². The van der Waals surface area contributed by atoms with Crippen LogP contribution in [0.5, 0.6) is 0 Å². The molecular weight excluding hydrogens is 278 g/mol. The molecule has 1 aliphatic carbocycles. The molecule has 0 aromatic heterocycles. The summed E-state index contributed by atoms with van der Waals surface area (Å²) in [5, 5.41) is 13.7. The summed E-state index contributed by atoms with van der Waals surface area (Å²) in [6.07, 6.45) is 3.32. The van der Waals surface area contributed by atoms with Crippen LogP contribution in [0.3, 0.4) is 0 Å². The third-order valence-electron chi connectivity index (χ3n) is 4.47. The van der Waals surface area contributed by atoms with Crippen molar-refractivity contribution in [3.8, 4) is 0 Å². The van der Waals surface area contributed by atoms with Crippen molar-refractivity contribution in [3.05, 3.63) is 28.3 Å². The highest BCUT2D eigenvalue weighted by molar-refractivity contribution is 6.32. The topological polar surface area (TPSA) is 58.6 Å². The predicted molar refractivity (Wildman–Crippen MR) is 77.0 cm³/mol. The largest absolute Gasteiger partial charge is 0.388 e. The molecule has 20 heavy (non-hydrogen) atoms. The Morgan fingerprint density at radius 1 is 1.50 bits per heavy atom. The highest BCUT2D eigenvalue weighted by Crippen LogP contribution is 2.43. The Labute approximate surface area is 123 Å². The normalized spacial score (nSPS) is 21.1. The minimum absolute atomic E-state index is 0.0324. The Balaban J connectivity index is 1.83. The van der Waals surface area contributed by atoms with Gasteiger partial charge >= 0.3 is 0 Å². The van der Waals surface area contributed by atoms with E-state index in [-0.39, 0.29) is 11.5 Å². The Morgan fingerprint density at radius 2 is 2.25 bits per heavy atom. The van der Waals surface area contributed by atoms with Gasteiger partial charge in [0.15, 0.2) is 0 Å².